The molecule has 1 aromatic heterocycles. The zero-order valence-electron chi connectivity index (χ0n) is 9.14. The quantitative estimate of drug-likeness (QED) is 0.629. The molecule has 19 heavy (non-hydrogen) atoms. The van der Waals surface area contributed by atoms with Crippen LogP contribution in [0.5, 0.6) is 5.75 Å². The van der Waals surface area contributed by atoms with E-state index in [1.165, 1.54) is 0 Å². The number of halogens is 6. The van der Waals surface area contributed by atoms with Gasteiger partial charge in [0.05, 0.1) is 24.1 Å². The van der Waals surface area contributed by atoms with Crippen molar-refractivity contribution < 1.29 is 26.7 Å². The Balaban J connectivity index is 3.33. The summed E-state index contributed by atoms with van der Waals surface area (Å²) in [5.74, 6) is -1.43. The highest BCUT2D eigenvalue weighted by atomic mass is 35.5. The van der Waals surface area contributed by atoms with E-state index in [0.717, 1.165) is 0 Å². The van der Waals surface area contributed by atoms with Gasteiger partial charge in [0.25, 0.3) is 6.43 Å². The van der Waals surface area contributed by atoms with Gasteiger partial charge in [0.2, 0.25) is 0 Å². The van der Waals surface area contributed by atoms with E-state index in [9.17, 15) is 22.0 Å². The molecule has 0 unspecified atom stereocenters. The van der Waals surface area contributed by atoms with Gasteiger partial charge in [-0.25, -0.2) is 13.8 Å². The number of alkyl halides is 6. The Morgan fingerprint density at radius 3 is 2.47 bits per heavy atom. The second kappa shape index (κ2) is 6.02. The molecule has 0 atom stereocenters. The summed E-state index contributed by atoms with van der Waals surface area (Å²) >= 11 is 5.45. The van der Waals surface area contributed by atoms with Crippen molar-refractivity contribution >= 4 is 11.6 Å². The zero-order chi connectivity index (χ0) is 14.6. The standard InChI is InChI=1S/C10H6ClF5N2O/c11-4-6-5(1-2-17)3-7(19-10(14,15)16)8(18-6)9(12)13/h3,9H,1,4H2. The summed E-state index contributed by atoms with van der Waals surface area (Å²) in [6.45, 7) is 0. The first-order valence-electron chi connectivity index (χ1n) is 4.78. The van der Waals surface area contributed by atoms with Gasteiger partial charge in [-0.2, -0.15) is 5.26 Å². The van der Waals surface area contributed by atoms with E-state index in [-0.39, 0.29) is 23.6 Å². The summed E-state index contributed by atoms with van der Waals surface area (Å²) in [6.07, 6.45) is -8.69. The summed E-state index contributed by atoms with van der Waals surface area (Å²) in [5.41, 5.74) is -1.22. The molecule has 1 aromatic rings. The lowest BCUT2D eigenvalue weighted by molar-refractivity contribution is -0.275. The Hall–Kier alpha value is -1.62. The molecule has 0 aliphatic carbocycles. The number of hydrogen-bond donors (Lipinski definition) is 0. The highest BCUT2D eigenvalue weighted by Crippen LogP contribution is 2.33. The van der Waals surface area contributed by atoms with Crippen molar-refractivity contribution in [1.29, 1.82) is 5.26 Å². The Morgan fingerprint density at radius 2 is 2.05 bits per heavy atom. The number of ether oxygens (including phenoxy) is 1. The van der Waals surface area contributed by atoms with Crippen LogP contribution >= 0.6 is 11.6 Å². The third-order valence-electron chi connectivity index (χ3n) is 2.01. The van der Waals surface area contributed by atoms with Crippen LogP contribution in [-0.4, -0.2) is 11.3 Å². The SMILES string of the molecule is N#CCc1cc(OC(F)(F)F)c(C(F)F)nc1CCl. The maximum absolute atomic E-state index is 12.6. The molecule has 0 saturated heterocycles. The number of pyridine rings is 1. The predicted molar refractivity (Wildman–Crippen MR) is 54.8 cm³/mol. The van der Waals surface area contributed by atoms with Crippen molar-refractivity contribution in [3.05, 3.63) is 23.0 Å². The Kier molecular flexibility index (Phi) is 4.89. The first-order chi connectivity index (χ1) is 8.78. The summed E-state index contributed by atoms with van der Waals surface area (Å²) in [4.78, 5) is 3.34. The summed E-state index contributed by atoms with van der Waals surface area (Å²) in [6, 6.07) is 2.39. The van der Waals surface area contributed by atoms with Crippen LogP contribution in [0, 0.1) is 11.3 Å². The van der Waals surface area contributed by atoms with E-state index in [0.29, 0.717) is 6.07 Å². The van der Waals surface area contributed by atoms with Gasteiger partial charge in [0.1, 0.15) is 5.69 Å². The molecule has 0 aliphatic rings. The fourth-order valence-corrected chi connectivity index (χ4v) is 1.54. The number of nitrogens with zero attached hydrogens (tertiary/aromatic N) is 2. The number of hydrogen-bond acceptors (Lipinski definition) is 3. The predicted octanol–water partition coefficient (Wildman–Crippen LogP) is 3.72. The molecule has 0 aliphatic heterocycles. The van der Waals surface area contributed by atoms with Gasteiger partial charge in [-0.3, -0.25) is 0 Å². The van der Waals surface area contributed by atoms with Crippen LogP contribution < -0.4 is 4.74 Å². The van der Waals surface area contributed by atoms with Crippen LogP contribution in [0.25, 0.3) is 0 Å². The van der Waals surface area contributed by atoms with E-state index in [2.05, 4.69) is 9.72 Å². The number of nitriles is 1. The van der Waals surface area contributed by atoms with Gasteiger partial charge in [-0.05, 0) is 11.6 Å². The molecule has 1 rings (SSSR count). The van der Waals surface area contributed by atoms with Gasteiger partial charge >= 0.3 is 6.36 Å². The van der Waals surface area contributed by atoms with Crippen LogP contribution in [0.15, 0.2) is 6.07 Å². The minimum absolute atomic E-state index is 0.0150. The molecule has 0 radical (unpaired) electrons. The lowest BCUT2D eigenvalue weighted by atomic mass is 10.1. The molecule has 3 nitrogen and oxygen atoms in total. The normalized spacial score (nSPS) is 11.5. The minimum Gasteiger partial charge on any atom is -0.404 e. The molecular weight excluding hydrogens is 295 g/mol. The first-order valence-corrected chi connectivity index (χ1v) is 5.31. The Morgan fingerprint density at radius 1 is 1.42 bits per heavy atom. The highest BCUT2D eigenvalue weighted by molar-refractivity contribution is 6.17. The fourth-order valence-electron chi connectivity index (χ4n) is 1.30. The largest absolute Gasteiger partial charge is 0.573 e. The minimum atomic E-state index is -5.13. The maximum atomic E-state index is 12.6. The van der Waals surface area contributed by atoms with Gasteiger partial charge in [0.15, 0.2) is 5.75 Å². The summed E-state index contributed by atoms with van der Waals surface area (Å²) in [5, 5.41) is 8.51. The molecule has 1 heterocycles. The summed E-state index contributed by atoms with van der Waals surface area (Å²) < 4.78 is 65.0. The molecule has 0 N–H and O–H groups in total. The van der Waals surface area contributed by atoms with E-state index >= 15 is 0 Å². The van der Waals surface area contributed by atoms with Crippen molar-refractivity contribution in [3.8, 4) is 11.8 Å². The Bertz CT molecular complexity index is 498. The fraction of sp³-hybridized carbons (Fsp3) is 0.400. The van der Waals surface area contributed by atoms with Crippen LogP contribution in [0.1, 0.15) is 23.4 Å². The van der Waals surface area contributed by atoms with Gasteiger partial charge < -0.3 is 4.74 Å². The summed E-state index contributed by atoms with van der Waals surface area (Å²) in [7, 11) is 0. The van der Waals surface area contributed by atoms with Gasteiger partial charge in [0, 0.05) is 0 Å². The molecule has 0 fully saturated rings. The molecule has 0 amide bonds. The smallest absolute Gasteiger partial charge is 0.404 e. The topological polar surface area (TPSA) is 45.9 Å². The lowest BCUT2D eigenvalue weighted by Gasteiger charge is -2.15. The average Bonchev–Trinajstić information content (AvgIpc) is 2.27. The van der Waals surface area contributed by atoms with Crippen LogP contribution in [0.4, 0.5) is 22.0 Å². The molecule has 0 aromatic carbocycles. The molecule has 0 saturated carbocycles. The van der Waals surface area contributed by atoms with E-state index < -0.39 is 24.2 Å². The molecule has 0 spiro atoms. The van der Waals surface area contributed by atoms with Crippen molar-refractivity contribution in [2.24, 2.45) is 0 Å². The first kappa shape index (κ1) is 15.4. The average molecular weight is 301 g/mol. The van der Waals surface area contributed by atoms with Gasteiger partial charge in [-0.15, -0.1) is 24.8 Å². The lowest BCUT2D eigenvalue weighted by Crippen LogP contribution is -2.19. The highest BCUT2D eigenvalue weighted by Gasteiger charge is 2.34. The zero-order valence-corrected chi connectivity index (χ0v) is 9.90. The van der Waals surface area contributed by atoms with Crippen LogP contribution in [0.3, 0.4) is 0 Å². The number of rotatable bonds is 4. The van der Waals surface area contributed by atoms with E-state index in [1.807, 2.05) is 0 Å². The van der Waals surface area contributed by atoms with Crippen LogP contribution in [-0.2, 0) is 12.3 Å². The van der Waals surface area contributed by atoms with Crippen LogP contribution in [0.2, 0.25) is 0 Å². The van der Waals surface area contributed by atoms with E-state index in [4.69, 9.17) is 16.9 Å². The van der Waals surface area contributed by atoms with E-state index in [1.54, 1.807) is 6.07 Å². The second-order valence-corrected chi connectivity index (χ2v) is 3.56. The van der Waals surface area contributed by atoms with Gasteiger partial charge in [-0.1, -0.05) is 0 Å². The van der Waals surface area contributed by atoms with Crippen molar-refractivity contribution in [3.63, 3.8) is 0 Å². The third-order valence-corrected chi connectivity index (χ3v) is 2.27. The molecule has 9 heteroatoms. The monoisotopic (exact) mass is 300 g/mol. The maximum Gasteiger partial charge on any atom is 0.573 e. The molecular formula is C10H6ClF5N2O. The second-order valence-electron chi connectivity index (χ2n) is 3.29. The third kappa shape index (κ3) is 4.21. The molecule has 104 valence electrons. The van der Waals surface area contributed by atoms with Crippen molar-refractivity contribution in [1.82, 2.24) is 4.98 Å². The molecule has 0 bridgehead atoms. The van der Waals surface area contributed by atoms with Crippen molar-refractivity contribution in [2.75, 3.05) is 0 Å². The number of aromatic nitrogens is 1. The Labute approximate surface area is 109 Å². The van der Waals surface area contributed by atoms with Crippen molar-refractivity contribution in [2.45, 2.75) is 25.1 Å².